The number of rotatable bonds is 9. The van der Waals surface area contributed by atoms with Gasteiger partial charge in [0, 0.05) is 40.2 Å². The summed E-state index contributed by atoms with van der Waals surface area (Å²) in [6, 6.07) is 20.3. The van der Waals surface area contributed by atoms with E-state index in [9.17, 15) is 14.4 Å². The lowest BCUT2D eigenvalue weighted by molar-refractivity contribution is -0.140. The number of carbonyl (C=O) groups is 3. The maximum atomic E-state index is 13.4. The van der Waals surface area contributed by atoms with E-state index in [1.165, 1.54) is 0 Å². The number of benzene rings is 3. The van der Waals surface area contributed by atoms with E-state index in [2.05, 4.69) is 5.32 Å². The Morgan fingerprint density at radius 1 is 1.02 bits per heavy atom. The maximum Gasteiger partial charge on any atom is 0.336 e. The fourth-order valence-corrected chi connectivity index (χ4v) is 5.48. The van der Waals surface area contributed by atoms with E-state index in [0.717, 1.165) is 22.3 Å². The Balaban J connectivity index is 1.51. The Morgan fingerprint density at radius 3 is 2.52 bits per heavy atom. The van der Waals surface area contributed by atoms with Crippen LogP contribution in [0.25, 0.3) is 0 Å². The molecule has 2 amide bonds. The van der Waals surface area contributed by atoms with Crippen LogP contribution in [0, 0.1) is 6.92 Å². The zero-order valence-electron chi connectivity index (χ0n) is 22.8. The van der Waals surface area contributed by atoms with Gasteiger partial charge in [0.1, 0.15) is 0 Å². The fraction of sp³-hybridized carbons (Fsp3) is 0.281. The predicted octanol–water partition coefficient (Wildman–Crippen LogP) is 6.63. The number of amides is 2. The molecule has 1 unspecified atom stereocenters. The number of nitrogens with zero attached hydrogens (tertiary/aromatic N) is 1. The zero-order chi connectivity index (χ0) is 28.8. The SMILES string of the molecule is CCOC(=O)C1=C(C)N(Cc2cccc(C(=O)NCCc3ccc(Cl)cc3Cl)c2)C(=O)CC1c1cccc(C)c1. The summed E-state index contributed by atoms with van der Waals surface area (Å²) in [5.74, 6) is -1.12. The van der Waals surface area contributed by atoms with Gasteiger partial charge in [0.05, 0.1) is 18.7 Å². The van der Waals surface area contributed by atoms with Gasteiger partial charge in [-0.15, -0.1) is 0 Å². The number of carbonyl (C=O) groups excluding carboxylic acids is 3. The molecule has 1 atom stereocenters. The number of hydrogen-bond donors (Lipinski definition) is 1. The Labute approximate surface area is 244 Å². The van der Waals surface area contributed by atoms with Crippen molar-refractivity contribution in [1.29, 1.82) is 0 Å². The standard InChI is InChI=1S/C32H32Cl2N2O4/c1-4-40-32(39)30-21(3)36(29(37)18-27(30)24-9-5-7-20(2)15-24)19-22-8-6-10-25(16-22)31(38)35-14-13-23-11-12-26(33)17-28(23)34/h5-12,15-17,27H,4,13-14,18-19H2,1-3H3,(H,35,38). The van der Waals surface area contributed by atoms with Gasteiger partial charge in [-0.2, -0.15) is 0 Å². The quantitative estimate of drug-likeness (QED) is 0.289. The second kappa shape index (κ2) is 13.2. The fourth-order valence-electron chi connectivity index (χ4n) is 4.98. The average molecular weight is 580 g/mol. The first kappa shape index (κ1) is 29.4. The summed E-state index contributed by atoms with van der Waals surface area (Å²) in [5, 5.41) is 4.04. The van der Waals surface area contributed by atoms with Gasteiger partial charge in [0.2, 0.25) is 5.91 Å². The van der Waals surface area contributed by atoms with Crippen LogP contribution in [0.2, 0.25) is 10.0 Å². The number of allylic oxidation sites excluding steroid dienone is 1. The Hall–Kier alpha value is -3.61. The van der Waals surface area contributed by atoms with E-state index in [4.69, 9.17) is 27.9 Å². The van der Waals surface area contributed by atoms with E-state index < -0.39 is 5.97 Å². The lowest BCUT2D eigenvalue weighted by atomic mass is 9.83. The second-order valence-corrected chi connectivity index (χ2v) is 10.7. The van der Waals surface area contributed by atoms with Crippen LogP contribution in [0.3, 0.4) is 0 Å². The minimum atomic E-state index is -0.419. The van der Waals surface area contributed by atoms with Crippen molar-refractivity contribution in [3.63, 3.8) is 0 Å². The molecule has 8 heteroatoms. The van der Waals surface area contributed by atoms with Crippen LogP contribution in [0.4, 0.5) is 0 Å². The van der Waals surface area contributed by atoms with Gasteiger partial charge in [-0.25, -0.2) is 4.79 Å². The molecule has 3 aromatic rings. The lowest BCUT2D eigenvalue weighted by Crippen LogP contribution is -2.38. The third-order valence-electron chi connectivity index (χ3n) is 6.99. The smallest absolute Gasteiger partial charge is 0.336 e. The molecule has 0 saturated heterocycles. The number of hydrogen-bond acceptors (Lipinski definition) is 4. The Morgan fingerprint density at radius 2 is 1.80 bits per heavy atom. The van der Waals surface area contributed by atoms with Crippen molar-refractivity contribution >= 4 is 41.0 Å². The molecule has 6 nitrogen and oxygen atoms in total. The van der Waals surface area contributed by atoms with Crippen LogP contribution in [-0.2, 0) is 27.3 Å². The molecule has 0 aliphatic carbocycles. The summed E-state index contributed by atoms with van der Waals surface area (Å²) in [4.78, 5) is 40.9. The van der Waals surface area contributed by atoms with Gasteiger partial charge in [-0.1, -0.05) is 71.2 Å². The molecular formula is C32H32Cl2N2O4. The van der Waals surface area contributed by atoms with E-state index in [1.807, 2.05) is 43.3 Å². The first-order valence-electron chi connectivity index (χ1n) is 13.2. The van der Waals surface area contributed by atoms with Gasteiger partial charge in [-0.3, -0.25) is 9.59 Å². The van der Waals surface area contributed by atoms with E-state index in [0.29, 0.717) is 39.8 Å². The number of aryl methyl sites for hydroxylation is 1. The normalized spacial score (nSPS) is 15.3. The molecule has 1 aliphatic rings. The molecule has 0 fully saturated rings. The van der Waals surface area contributed by atoms with Crippen LogP contribution in [0.1, 0.15) is 58.8 Å². The number of ether oxygens (including phenoxy) is 1. The molecular weight excluding hydrogens is 547 g/mol. The summed E-state index contributed by atoms with van der Waals surface area (Å²) >= 11 is 12.2. The molecule has 0 saturated carbocycles. The highest BCUT2D eigenvalue weighted by Gasteiger charge is 2.37. The van der Waals surface area contributed by atoms with Crippen molar-refractivity contribution in [3.05, 3.63) is 116 Å². The molecule has 0 aromatic heterocycles. The third kappa shape index (κ3) is 6.93. The van der Waals surface area contributed by atoms with Crippen LogP contribution >= 0.6 is 23.2 Å². The Kier molecular flexibility index (Phi) is 9.67. The molecule has 4 rings (SSSR count). The van der Waals surface area contributed by atoms with E-state index >= 15 is 0 Å². The summed E-state index contributed by atoms with van der Waals surface area (Å²) in [5.41, 5.74) is 5.17. The first-order valence-corrected chi connectivity index (χ1v) is 14.0. The van der Waals surface area contributed by atoms with Gasteiger partial charge < -0.3 is 15.0 Å². The summed E-state index contributed by atoms with van der Waals surface area (Å²) in [7, 11) is 0. The van der Waals surface area contributed by atoms with Crippen LogP contribution in [-0.4, -0.2) is 35.8 Å². The number of halogens is 2. The highest BCUT2D eigenvalue weighted by Crippen LogP contribution is 2.38. The predicted molar refractivity (Wildman–Crippen MR) is 157 cm³/mol. The molecule has 1 heterocycles. The zero-order valence-corrected chi connectivity index (χ0v) is 24.3. The number of esters is 1. The summed E-state index contributed by atoms with van der Waals surface area (Å²) in [6.45, 7) is 6.41. The van der Waals surface area contributed by atoms with Crippen molar-refractivity contribution in [2.45, 2.75) is 46.1 Å². The molecule has 3 aromatic carbocycles. The molecule has 0 spiro atoms. The topological polar surface area (TPSA) is 75.7 Å². The van der Waals surface area contributed by atoms with E-state index in [-0.39, 0.29) is 37.3 Å². The number of nitrogens with one attached hydrogen (secondary N) is 1. The molecule has 1 N–H and O–H groups in total. The summed E-state index contributed by atoms with van der Waals surface area (Å²) < 4.78 is 5.40. The third-order valence-corrected chi connectivity index (χ3v) is 7.57. The van der Waals surface area contributed by atoms with Gasteiger partial charge in [-0.05, 0) is 68.1 Å². The maximum absolute atomic E-state index is 13.4. The molecule has 0 bridgehead atoms. The van der Waals surface area contributed by atoms with Gasteiger partial charge in [0.25, 0.3) is 5.91 Å². The molecule has 1 aliphatic heterocycles. The largest absolute Gasteiger partial charge is 0.463 e. The minimum absolute atomic E-state index is 0.0910. The molecule has 0 radical (unpaired) electrons. The van der Waals surface area contributed by atoms with Gasteiger partial charge in [0.15, 0.2) is 0 Å². The van der Waals surface area contributed by atoms with Crippen molar-refractivity contribution in [1.82, 2.24) is 10.2 Å². The average Bonchev–Trinajstić information content (AvgIpc) is 2.92. The van der Waals surface area contributed by atoms with Crippen LogP contribution < -0.4 is 5.32 Å². The lowest BCUT2D eigenvalue weighted by Gasteiger charge is -2.34. The van der Waals surface area contributed by atoms with Crippen molar-refractivity contribution in [2.75, 3.05) is 13.2 Å². The van der Waals surface area contributed by atoms with Crippen molar-refractivity contribution in [3.8, 4) is 0 Å². The highest BCUT2D eigenvalue weighted by molar-refractivity contribution is 6.35. The summed E-state index contributed by atoms with van der Waals surface area (Å²) in [6.07, 6.45) is 0.717. The second-order valence-electron chi connectivity index (χ2n) is 9.81. The van der Waals surface area contributed by atoms with Gasteiger partial charge >= 0.3 is 5.97 Å². The van der Waals surface area contributed by atoms with Crippen LogP contribution in [0.15, 0.2) is 78.0 Å². The van der Waals surface area contributed by atoms with Crippen molar-refractivity contribution in [2.24, 2.45) is 0 Å². The molecule has 40 heavy (non-hydrogen) atoms. The monoisotopic (exact) mass is 578 g/mol. The molecule has 208 valence electrons. The first-order chi connectivity index (χ1) is 19.2. The highest BCUT2D eigenvalue weighted by atomic mass is 35.5. The minimum Gasteiger partial charge on any atom is -0.463 e. The van der Waals surface area contributed by atoms with E-state index in [1.54, 1.807) is 49.1 Å². The van der Waals surface area contributed by atoms with Crippen molar-refractivity contribution < 1.29 is 19.1 Å². The Bertz CT molecular complexity index is 1470. The van der Waals surface area contributed by atoms with Crippen LogP contribution in [0.5, 0.6) is 0 Å².